The second kappa shape index (κ2) is 10.5. The molecule has 0 radical (unpaired) electrons. The zero-order chi connectivity index (χ0) is 24.2. The lowest BCUT2D eigenvalue weighted by atomic mass is 9.86. The third-order valence-corrected chi connectivity index (χ3v) is 5.84. The fourth-order valence-corrected chi connectivity index (χ4v) is 4.02. The van der Waals surface area contributed by atoms with Crippen LogP contribution in [0, 0.1) is 12.8 Å². The van der Waals surface area contributed by atoms with Crippen LogP contribution >= 0.6 is 11.6 Å². The van der Waals surface area contributed by atoms with Gasteiger partial charge in [-0.2, -0.15) is 13.2 Å². The molecule has 3 rings (SSSR count). The van der Waals surface area contributed by atoms with Gasteiger partial charge in [-0.15, -0.1) is 5.10 Å². The summed E-state index contributed by atoms with van der Waals surface area (Å²) in [4.78, 5) is 24.0. The molecule has 180 valence electrons. The molecule has 1 aliphatic carbocycles. The highest BCUT2D eigenvalue weighted by Crippen LogP contribution is 2.32. The minimum Gasteiger partial charge on any atom is -0.434 e. The van der Waals surface area contributed by atoms with Crippen LogP contribution in [0.4, 0.5) is 18.0 Å². The van der Waals surface area contributed by atoms with Crippen molar-refractivity contribution in [2.24, 2.45) is 5.92 Å². The van der Waals surface area contributed by atoms with Crippen molar-refractivity contribution in [2.45, 2.75) is 58.3 Å². The first-order valence-corrected chi connectivity index (χ1v) is 11.0. The molecular weight excluding hydrogens is 463 g/mol. The molecule has 1 saturated carbocycles. The Hall–Kier alpha value is -2.75. The zero-order valence-electron chi connectivity index (χ0n) is 18.2. The first kappa shape index (κ1) is 24.9. The van der Waals surface area contributed by atoms with Crippen molar-refractivity contribution in [1.29, 1.82) is 0 Å². The number of hydrogen-bond donors (Lipinski definition) is 1. The Balaban J connectivity index is 1.53. The van der Waals surface area contributed by atoms with Crippen LogP contribution in [0.3, 0.4) is 0 Å². The van der Waals surface area contributed by atoms with Gasteiger partial charge in [0, 0.05) is 24.3 Å². The minimum absolute atomic E-state index is 0.0240. The number of hydrogen-bond acceptors (Lipinski definition) is 5. The molecule has 0 spiro atoms. The average Bonchev–Trinajstić information content (AvgIpc) is 3.07. The second-order valence-corrected chi connectivity index (χ2v) is 8.42. The molecule has 1 aromatic carbocycles. The molecule has 0 atom stereocenters. The molecule has 0 unspecified atom stereocenters. The Labute approximate surface area is 194 Å². The van der Waals surface area contributed by atoms with E-state index >= 15 is 0 Å². The molecule has 0 saturated heterocycles. The molecule has 0 aliphatic heterocycles. The third kappa shape index (κ3) is 6.63. The predicted octanol–water partition coefficient (Wildman–Crippen LogP) is 5.39. The van der Waals surface area contributed by atoms with Crippen LogP contribution in [0.15, 0.2) is 24.4 Å². The van der Waals surface area contributed by atoms with E-state index in [2.05, 4.69) is 10.4 Å². The number of benzene rings is 1. The molecule has 1 aliphatic rings. The van der Waals surface area contributed by atoms with Crippen molar-refractivity contribution in [2.75, 3.05) is 6.61 Å². The quantitative estimate of drug-likeness (QED) is 0.552. The van der Waals surface area contributed by atoms with E-state index < -0.39 is 23.8 Å². The van der Waals surface area contributed by atoms with Crippen LogP contribution < -0.4 is 10.1 Å². The van der Waals surface area contributed by atoms with E-state index in [9.17, 15) is 22.8 Å². The van der Waals surface area contributed by atoms with Crippen molar-refractivity contribution >= 4 is 23.7 Å². The van der Waals surface area contributed by atoms with Gasteiger partial charge in [-0.3, -0.25) is 9.48 Å². The highest BCUT2D eigenvalue weighted by atomic mass is 35.5. The number of aromatic nitrogens is 2. The largest absolute Gasteiger partial charge is 0.515 e. The van der Waals surface area contributed by atoms with E-state index in [0.717, 1.165) is 31.0 Å². The maximum absolute atomic E-state index is 13.0. The number of amides is 1. The standard InChI is InChI=1S/C22H25ClF3N3O4/c1-3-32-21(31)33-20-13(2)11-29(28-20)12-14-4-7-16(8-5-14)27-19(30)17-10-15(22(24,25)26)6-9-18(17)23/h6,9-11,14,16H,3-5,7-8,12H2,1-2H3,(H,27,30). The molecular formula is C22H25ClF3N3O4. The summed E-state index contributed by atoms with van der Waals surface area (Å²) in [7, 11) is 0. The summed E-state index contributed by atoms with van der Waals surface area (Å²) >= 11 is 5.96. The van der Waals surface area contributed by atoms with E-state index in [4.69, 9.17) is 21.1 Å². The van der Waals surface area contributed by atoms with Crippen LogP contribution in [0.1, 0.15) is 54.1 Å². The number of nitrogens with one attached hydrogen (secondary N) is 1. The molecule has 0 bridgehead atoms. The van der Waals surface area contributed by atoms with Crippen LogP contribution in [0.25, 0.3) is 0 Å². The monoisotopic (exact) mass is 487 g/mol. The number of carbonyl (C=O) groups is 2. The lowest BCUT2D eigenvalue weighted by Crippen LogP contribution is -2.38. The minimum atomic E-state index is -4.55. The van der Waals surface area contributed by atoms with Crippen molar-refractivity contribution < 1.29 is 32.2 Å². The van der Waals surface area contributed by atoms with Crippen molar-refractivity contribution in [3.05, 3.63) is 46.1 Å². The Kier molecular flexibility index (Phi) is 7.88. The fourth-order valence-electron chi connectivity index (χ4n) is 3.82. The van der Waals surface area contributed by atoms with Gasteiger partial charge in [0.05, 0.1) is 22.8 Å². The lowest BCUT2D eigenvalue weighted by molar-refractivity contribution is -0.137. The Morgan fingerprint density at radius 3 is 2.58 bits per heavy atom. The molecule has 1 aromatic heterocycles. The normalized spacial score (nSPS) is 18.6. The van der Waals surface area contributed by atoms with E-state index in [1.807, 2.05) is 0 Å². The smallest absolute Gasteiger partial charge is 0.434 e. The van der Waals surface area contributed by atoms with E-state index in [1.54, 1.807) is 24.7 Å². The van der Waals surface area contributed by atoms with Crippen LogP contribution in [-0.2, 0) is 17.5 Å². The SMILES string of the molecule is CCOC(=O)Oc1nn(CC2CCC(NC(=O)c3cc(C(F)(F)F)ccc3Cl)CC2)cc1C. The molecule has 2 aromatic rings. The van der Waals surface area contributed by atoms with Gasteiger partial charge in [0.2, 0.25) is 5.88 Å². The molecule has 11 heteroatoms. The number of carbonyl (C=O) groups excluding carboxylic acids is 2. The van der Waals surface area contributed by atoms with Gasteiger partial charge in [-0.05, 0) is 63.6 Å². The maximum Gasteiger partial charge on any atom is 0.515 e. The summed E-state index contributed by atoms with van der Waals surface area (Å²) in [5.74, 6) is -0.115. The van der Waals surface area contributed by atoms with Crippen LogP contribution in [-0.4, -0.2) is 34.5 Å². The van der Waals surface area contributed by atoms with E-state index in [0.29, 0.717) is 30.9 Å². The summed E-state index contributed by atoms with van der Waals surface area (Å²) in [6, 6.07) is 2.56. The molecule has 1 fully saturated rings. The topological polar surface area (TPSA) is 82.4 Å². The van der Waals surface area contributed by atoms with Gasteiger partial charge in [-0.1, -0.05) is 11.6 Å². The zero-order valence-corrected chi connectivity index (χ0v) is 19.0. The Morgan fingerprint density at radius 1 is 1.24 bits per heavy atom. The summed E-state index contributed by atoms with van der Waals surface area (Å²) in [6.07, 6.45) is -0.605. The van der Waals surface area contributed by atoms with Gasteiger partial charge >= 0.3 is 12.3 Å². The predicted molar refractivity (Wildman–Crippen MR) is 114 cm³/mol. The Bertz CT molecular complexity index is 1000. The summed E-state index contributed by atoms with van der Waals surface area (Å²) in [5, 5.41) is 7.07. The van der Waals surface area contributed by atoms with Crippen LogP contribution in [0.5, 0.6) is 5.88 Å². The molecule has 1 N–H and O–H groups in total. The lowest BCUT2D eigenvalue weighted by Gasteiger charge is -2.29. The van der Waals surface area contributed by atoms with Gasteiger partial charge in [0.25, 0.3) is 5.91 Å². The fraction of sp³-hybridized carbons (Fsp3) is 0.500. The Morgan fingerprint density at radius 2 is 1.94 bits per heavy atom. The average molecular weight is 488 g/mol. The van der Waals surface area contributed by atoms with E-state index in [-0.39, 0.29) is 29.1 Å². The molecule has 1 amide bonds. The van der Waals surface area contributed by atoms with Gasteiger partial charge in [0.1, 0.15) is 0 Å². The van der Waals surface area contributed by atoms with E-state index in [1.165, 1.54) is 0 Å². The number of rotatable bonds is 6. The number of nitrogens with zero attached hydrogens (tertiary/aromatic N) is 2. The van der Waals surface area contributed by atoms with Crippen LogP contribution in [0.2, 0.25) is 5.02 Å². The number of ether oxygens (including phenoxy) is 2. The molecule has 1 heterocycles. The van der Waals surface area contributed by atoms with Crippen molar-refractivity contribution in [1.82, 2.24) is 15.1 Å². The van der Waals surface area contributed by atoms with Gasteiger partial charge in [-0.25, -0.2) is 4.79 Å². The highest BCUT2D eigenvalue weighted by Gasteiger charge is 2.32. The van der Waals surface area contributed by atoms with Gasteiger partial charge < -0.3 is 14.8 Å². The van der Waals surface area contributed by atoms with Crippen molar-refractivity contribution in [3.8, 4) is 5.88 Å². The highest BCUT2D eigenvalue weighted by molar-refractivity contribution is 6.33. The number of aryl methyl sites for hydroxylation is 1. The summed E-state index contributed by atoms with van der Waals surface area (Å²) in [6.45, 7) is 4.29. The third-order valence-electron chi connectivity index (χ3n) is 5.51. The van der Waals surface area contributed by atoms with Gasteiger partial charge in [0.15, 0.2) is 0 Å². The molecule has 7 nitrogen and oxygen atoms in total. The molecule has 33 heavy (non-hydrogen) atoms. The second-order valence-electron chi connectivity index (χ2n) is 8.01. The maximum atomic E-state index is 13.0. The first-order chi connectivity index (χ1) is 15.6. The van der Waals surface area contributed by atoms with Crippen molar-refractivity contribution in [3.63, 3.8) is 0 Å². The number of halogens is 4. The number of alkyl halides is 3. The summed E-state index contributed by atoms with van der Waals surface area (Å²) in [5.41, 5.74) is -0.390. The first-order valence-electron chi connectivity index (χ1n) is 10.6. The summed E-state index contributed by atoms with van der Waals surface area (Å²) < 4.78 is 50.4.